The number of hydrogen-bond donors (Lipinski definition) is 0. The molecular weight excluding hydrogens is 321 g/mol. The van der Waals surface area contributed by atoms with Gasteiger partial charge in [0.25, 0.3) is 0 Å². The monoisotopic (exact) mass is 360 g/mol. The van der Waals surface area contributed by atoms with Gasteiger partial charge < -0.3 is 0 Å². The summed E-state index contributed by atoms with van der Waals surface area (Å²) in [5, 5.41) is 0. The third-order valence-electron chi connectivity index (χ3n) is 6.07. The van der Waals surface area contributed by atoms with Crippen molar-refractivity contribution >= 4 is 39.2 Å². The van der Waals surface area contributed by atoms with E-state index in [1.807, 2.05) is 0 Å². The summed E-state index contributed by atoms with van der Waals surface area (Å²) in [7, 11) is -1.63. The topological polar surface area (TPSA) is 0 Å². The van der Waals surface area contributed by atoms with Crippen molar-refractivity contribution in [2.75, 3.05) is 0 Å². The fraction of sp³-hybridized carbons (Fsp3) is 1.00. The smallest absolute Gasteiger partial charge is 0.0179 e. The van der Waals surface area contributed by atoms with Crippen LogP contribution in [0, 0.1) is 0 Å². The van der Waals surface area contributed by atoms with Gasteiger partial charge in [-0.25, -0.2) is 0 Å². The average Bonchev–Trinajstić information content (AvgIpc) is 2.64. The Balaban J connectivity index is 3.32. The molecule has 1 saturated heterocycles. The van der Waals surface area contributed by atoms with E-state index in [-0.39, 0.29) is 39.2 Å². The van der Waals surface area contributed by atoms with Crippen LogP contribution in [0.25, 0.3) is 0 Å². The van der Waals surface area contributed by atoms with Gasteiger partial charge in [-0.05, 0) is 0 Å². The average molecular weight is 361 g/mol. The zero-order valence-electron chi connectivity index (χ0n) is 15.8. The largest absolute Gasteiger partial charge is 0.0659 e. The van der Waals surface area contributed by atoms with E-state index in [0.29, 0.717) is 0 Å². The SMILES string of the molecule is CC(C)[SiH]1[SiH](C(C)C)[SiH](C(C)C)[SiH](C(C)C)[SiH]1C(C)C. The maximum absolute atomic E-state index is 2.64. The Kier molecular flexibility index (Phi) is 7.24. The molecule has 120 valence electrons. The summed E-state index contributed by atoms with van der Waals surface area (Å²) in [5.74, 6) is 0. The van der Waals surface area contributed by atoms with Crippen molar-refractivity contribution < 1.29 is 0 Å². The molecule has 20 heavy (non-hydrogen) atoms. The molecule has 1 rings (SSSR count). The lowest BCUT2D eigenvalue weighted by Crippen LogP contribution is -2.51. The van der Waals surface area contributed by atoms with Crippen LogP contribution in [0.1, 0.15) is 69.2 Å². The summed E-state index contributed by atoms with van der Waals surface area (Å²) >= 11 is 0. The van der Waals surface area contributed by atoms with E-state index in [4.69, 9.17) is 0 Å². The Hall–Kier alpha value is 1.08. The molecule has 0 N–H and O–H groups in total. The van der Waals surface area contributed by atoms with Crippen LogP contribution in [0.4, 0.5) is 0 Å². The molecule has 5 heteroatoms. The molecule has 0 aromatic carbocycles. The summed E-state index contributed by atoms with van der Waals surface area (Å²) in [6.07, 6.45) is 0. The van der Waals surface area contributed by atoms with Gasteiger partial charge >= 0.3 is 0 Å². The van der Waals surface area contributed by atoms with Crippen molar-refractivity contribution in [3.8, 4) is 0 Å². The van der Waals surface area contributed by atoms with E-state index in [2.05, 4.69) is 69.2 Å². The first-order valence-corrected chi connectivity index (χ1v) is 25.8. The highest BCUT2D eigenvalue weighted by Gasteiger charge is 2.57. The van der Waals surface area contributed by atoms with Gasteiger partial charge in [0.2, 0.25) is 0 Å². The van der Waals surface area contributed by atoms with Gasteiger partial charge in [-0.1, -0.05) is 96.9 Å². The van der Waals surface area contributed by atoms with Gasteiger partial charge in [-0.3, -0.25) is 0 Å². The van der Waals surface area contributed by atoms with Crippen molar-refractivity contribution in [2.24, 2.45) is 0 Å². The van der Waals surface area contributed by atoms with Crippen LogP contribution in [0.5, 0.6) is 0 Å². The normalized spacial score (nSPS) is 35.2. The van der Waals surface area contributed by atoms with Gasteiger partial charge in [0.05, 0.1) is 0 Å². The van der Waals surface area contributed by atoms with Gasteiger partial charge in [-0.15, -0.1) is 0 Å². The second kappa shape index (κ2) is 7.57. The molecule has 1 aliphatic heterocycles. The van der Waals surface area contributed by atoms with Crippen LogP contribution in [-0.2, 0) is 0 Å². The third-order valence-corrected chi connectivity index (χ3v) is 115. The molecule has 0 nitrogen and oxygen atoms in total. The first-order chi connectivity index (χ1) is 9.11. The van der Waals surface area contributed by atoms with Crippen LogP contribution >= 0.6 is 0 Å². The molecule has 0 radical (unpaired) electrons. The fourth-order valence-electron chi connectivity index (χ4n) is 5.73. The minimum atomic E-state index is -0.327. The molecule has 1 aliphatic rings. The van der Waals surface area contributed by atoms with Crippen molar-refractivity contribution in [1.82, 2.24) is 0 Å². The molecule has 1 heterocycles. The summed E-state index contributed by atoms with van der Waals surface area (Å²) in [6.45, 7) is 26.4. The lowest BCUT2D eigenvalue weighted by atomic mass is 10.6. The second-order valence-electron chi connectivity index (χ2n) is 9.11. The highest BCUT2D eigenvalue weighted by atomic mass is 30.1. The molecule has 0 amide bonds. The van der Waals surface area contributed by atoms with E-state index >= 15 is 0 Å². The van der Waals surface area contributed by atoms with Crippen LogP contribution in [0.3, 0.4) is 0 Å². The molecule has 0 spiro atoms. The summed E-state index contributed by atoms with van der Waals surface area (Å²) in [4.78, 5) is 0. The third kappa shape index (κ3) is 3.70. The molecule has 0 aromatic rings. The maximum Gasteiger partial charge on any atom is 0.0179 e. The second-order valence-corrected chi connectivity index (χ2v) is 56.2. The zero-order valence-corrected chi connectivity index (χ0v) is 21.5. The first kappa shape index (κ1) is 19.1. The van der Waals surface area contributed by atoms with E-state index < -0.39 is 0 Å². The van der Waals surface area contributed by atoms with Crippen molar-refractivity contribution in [3.63, 3.8) is 0 Å². The quantitative estimate of drug-likeness (QED) is 0.657. The van der Waals surface area contributed by atoms with Crippen molar-refractivity contribution in [1.29, 1.82) is 0 Å². The minimum absolute atomic E-state index is 0.327. The zero-order chi connectivity index (χ0) is 15.8. The molecule has 0 saturated carbocycles. The molecule has 0 aromatic heterocycles. The Morgan fingerprint density at radius 2 is 0.400 bits per heavy atom. The molecule has 0 unspecified atom stereocenters. The number of rotatable bonds is 5. The lowest BCUT2D eigenvalue weighted by Gasteiger charge is -2.32. The molecule has 0 atom stereocenters. The summed E-state index contributed by atoms with van der Waals surface area (Å²) < 4.78 is 0. The predicted molar refractivity (Wildman–Crippen MR) is 111 cm³/mol. The molecule has 1 fully saturated rings. The number of hydrogen-bond acceptors (Lipinski definition) is 0. The Labute approximate surface area is 136 Å². The first-order valence-electron chi connectivity index (χ1n) is 9.11. The van der Waals surface area contributed by atoms with Crippen LogP contribution in [0.15, 0.2) is 0 Å². The Morgan fingerprint density at radius 1 is 0.300 bits per heavy atom. The van der Waals surface area contributed by atoms with Crippen molar-refractivity contribution in [2.45, 2.75) is 96.9 Å². The van der Waals surface area contributed by atoms with E-state index in [1.165, 1.54) is 0 Å². The molecule has 0 aliphatic carbocycles. The van der Waals surface area contributed by atoms with E-state index in [0.717, 1.165) is 27.7 Å². The molecule has 0 bridgehead atoms. The van der Waals surface area contributed by atoms with Gasteiger partial charge in [0.1, 0.15) is 0 Å². The van der Waals surface area contributed by atoms with Crippen LogP contribution in [0.2, 0.25) is 27.7 Å². The van der Waals surface area contributed by atoms with Crippen LogP contribution in [-0.4, -0.2) is 39.2 Å². The molecular formula is C15H40Si5. The van der Waals surface area contributed by atoms with E-state index in [9.17, 15) is 0 Å². The fourth-order valence-corrected chi connectivity index (χ4v) is 219. The highest BCUT2D eigenvalue weighted by molar-refractivity contribution is 7.96. The minimum Gasteiger partial charge on any atom is -0.0659 e. The highest BCUT2D eigenvalue weighted by Crippen LogP contribution is 2.41. The van der Waals surface area contributed by atoms with Crippen molar-refractivity contribution in [3.05, 3.63) is 0 Å². The standard InChI is InChI=1S/C15H40Si5/c1-11(2)16-17(12(3)4)19(14(7)8)20(15(9)10)18(16)13(5)6/h11-20H,1-10H3. The lowest BCUT2D eigenvalue weighted by molar-refractivity contribution is 1.02. The Bertz CT molecular complexity index is 221. The maximum atomic E-state index is 2.64. The van der Waals surface area contributed by atoms with Gasteiger partial charge in [-0.2, -0.15) is 0 Å². The van der Waals surface area contributed by atoms with Crippen LogP contribution < -0.4 is 0 Å². The summed E-state index contributed by atoms with van der Waals surface area (Å²) in [5.41, 5.74) is 5.76. The van der Waals surface area contributed by atoms with Gasteiger partial charge in [0, 0.05) is 39.2 Å². The Morgan fingerprint density at radius 3 is 0.450 bits per heavy atom. The van der Waals surface area contributed by atoms with E-state index in [1.54, 1.807) is 0 Å². The predicted octanol–water partition coefficient (Wildman–Crippen LogP) is 3.58. The van der Waals surface area contributed by atoms with Gasteiger partial charge in [0.15, 0.2) is 0 Å². The summed E-state index contributed by atoms with van der Waals surface area (Å²) in [6, 6.07) is 0.